The van der Waals surface area contributed by atoms with Gasteiger partial charge in [-0.25, -0.2) is 14.4 Å². The highest BCUT2D eigenvalue weighted by Crippen LogP contribution is 2.29. The fourth-order valence-corrected chi connectivity index (χ4v) is 6.12. The lowest BCUT2D eigenvalue weighted by molar-refractivity contribution is -0.135. The number of imidazole rings is 1. The second kappa shape index (κ2) is 13.2. The van der Waals surface area contributed by atoms with Crippen molar-refractivity contribution in [1.82, 2.24) is 29.5 Å². The zero-order valence-corrected chi connectivity index (χ0v) is 25.9. The molecule has 0 saturated carbocycles. The highest BCUT2D eigenvalue weighted by atomic mass is 35.5. The van der Waals surface area contributed by atoms with Crippen LogP contribution < -0.4 is 15.4 Å². The van der Waals surface area contributed by atoms with Crippen molar-refractivity contribution < 1.29 is 18.7 Å². The van der Waals surface area contributed by atoms with Crippen LogP contribution in [0.1, 0.15) is 35.2 Å². The number of ether oxygens (including phenoxy) is 1. The minimum atomic E-state index is -0.449. The number of carbonyl (C=O) groups excluding carboxylic acids is 2. The monoisotopic (exact) mass is 621 g/mol. The van der Waals surface area contributed by atoms with E-state index in [1.54, 1.807) is 30.7 Å². The van der Waals surface area contributed by atoms with Crippen LogP contribution in [0.2, 0.25) is 0 Å². The number of hydrogen-bond donors (Lipinski definition) is 2. The smallest absolute Gasteiger partial charge is 0.254 e. The molecule has 0 aliphatic carbocycles. The Balaban J connectivity index is 0.00000384. The molecule has 2 N–H and O–H groups in total. The van der Waals surface area contributed by atoms with Gasteiger partial charge in [-0.05, 0) is 75.2 Å². The van der Waals surface area contributed by atoms with Gasteiger partial charge in [-0.1, -0.05) is 0 Å². The predicted octanol–water partition coefficient (Wildman–Crippen LogP) is 4.69. The van der Waals surface area contributed by atoms with Crippen molar-refractivity contribution in [3.05, 3.63) is 71.9 Å². The second-order valence-electron chi connectivity index (χ2n) is 11.2. The maximum atomic E-state index is 14.4. The molecule has 44 heavy (non-hydrogen) atoms. The molecule has 2 saturated heterocycles. The SMILES string of the molecule is CN[C@@H]1CCN(C(=O)C2CCN(C(=O)c3ccc(Nc4nccn5c(-c6ccc(OC)c(F)c6)cnc45)cc3C)CC2)C1.Cl. The van der Waals surface area contributed by atoms with Crippen molar-refractivity contribution in [3.8, 4) is 17.0 Å². The first-order valence-corrected chi connectivity index (χ1v) is 14.6. The third-order valence-electron chi connectivity index (χ3n) is 8.63. The molecule has 12 heteroatoms. The van der Waals surface area contributed by atoms with E-state index in [0.29, 0.717) is 60.3 Å². The first-order chi connectivity index (χ1) is 20.9. The number of hydrogen-bond acceptors (Lipinski definition) is 7. The summed E-state index contributed by atoms with van der Waals surface area (Å²) in [7, 11) is 3.37. The predicted molar refractivity (Wildman–Crippen MR) is 169 cm³/mol. The van der Waals surface area contributed by atoms with E-state index in [1.165, 1.54) is 13.2 Å². The first kappa shape index (κ1) is 31.2. The van der Waals surface area contributed by atoms with Gasteiger partial charge in [0.25, 0.3) is 5.91 Å². The highest BCUT2D eigenvalue weighted by Gasteiger charge is 2.33. The first-order valence-electron chi connectivity index (χ1n) is 14.6. The largest absolute Gasteiger partial charge is 0.494 e. The van der Waals surface area contributed by atoms with Gasteiger partial charge in [0, 0.05) is 67.3 Å². The Morgan fingerprint density at radius 1 is 1.02 bits per heavy atom. The van der Waals surface area contributed by atoms with Crippen molar-refractivity contribution in [2.45, 2.75) is 32.2 Å². The fourth-order valence-electron chi connectivity index (χ4n) is 6.12. The molecule has 2 aromatic carbocycles. The van der Waals surface area contributed by atoms with Crippen LogP contribution >= 0.6 is 12.4 Å². The molecule has 0 unspecified atom stereocenters. The molecule has 2 aliphatic rings. The average molecular weight is 622 g/mol. The molecule has 0 spiro atoms. The van der Waals surface area contributed by atoms with Crippen LogP contribution in [0.5, 0.6) is 5.75 Å². The van der Waals surface area contributed by atoms with Crippen molar-refractivity contribution >= 4 is 41.4 Å². The molecule has 4 heterocycles. The Morgan fingerprint density at radius 3 is 2.48 bits per heavy atom. The van der Waals surface area contributed by atoms with Gasteiger partial charge >= 0.3 is 0 Å². The molecule has 2 fully saturated rings. The molecule has 1 atom stereocenters. The molecule has 2 amide bonds. The van der Waals surface area contributed by atoms with E-state index in [1.807, 2.05) is 46.4 Å². The summed E-state index contributed by atoms with van der Waals surface area (Å²) in [5.74, 6) is 0.452. The van der Waals surface area contributed by atoms with Crippen LogP contribution in [0.15, 0.2) is 55.0 Å². The number of rotatable bonds is 7. The number of aryl methyl sites for hydroxylation is 1. The van der Waals surface area contributed by atoms with Gasteiger partial charge < -0.3 is 25.2 Å². The van der Waals surface area contributed by atoms with Crippen molar-refractivity contribution in [3.63, 3.8) is 0 Å². The number of methoxy groups -OCH3 is 1. The zero-order valence-electron chi connectivity index (χ0n) is 25.0. The number of carbonyl (C=O) groups is 2. The third-order valence-corrected chi connectivity index (χ3v) is 8.63. The van der Waals surface area contributed by atoms with E-state index >= 15 is 0 Å². The number of nitrogens with zero attached hydrogens (tertiary/aromatic N) is 5. The summed E-state index contributed by atoms with van der Waals surface area (Å²) in [6, 6.07) is 10.8. The number of fused-ring (bicyclic) bond motifs is 1. The number of piperidine rings is 1. The molecule has 6 rings (SSSR count). The van der Waals surface area contributed by atoms with E-state index in [2.05, 4.69) is 20.6 Å². The van der Waals surface area contributed by atoms with Crippen LogP contribution in [0.3, 0.4) is 0 Å². The Hall–Kier alpha value is -4.22. The Kier molecular flexibility index (Phi) is 9.36. The van der Waals surface area contributed by atoms with Crippen molar-refractivity contribution in [2.75, 3.05) is 45.7 Å². The topological polar surface area (TPSA) is 104 Å². The number of benzene rings is 2. The Bertz CT molecular complexity index is 1670. The summed E-state index contributed by atoms with van der Waals surface area (Å²) >= 11 is 0. The summed E-state index contributed by atoms with van der Waals surface area (Å²) in [6.07, 6.45) is 7.48. The molecule has 2 aliphatic heterocycles. The summed E-state index contributed by atoms with van der Waals surface area (Å²) in [4.78, 5) is 39.3. The van der Waals surface area contributed by atoms with Gasteiger partial charge in [0.05, 0.1) is 19.0 Å². The summed E-state index contributed by atoms with van der Waals surface area (Å²) in [5, 5.41) is 6.58. The van der Waals surface area contributed by atoms with E-state index in [-0.39, 0.29) is 35.9 Å². The van der Waals surface area contributed by atoms with E-state index in [4.69, 9.17) is 4.74 Å². The fraction of sp³-hybridized carbons (Fsp3) is 0.375. The highest BCUT2D eigenvalue weighted by molar-refractivity contribution is 5.96. The van der Waals surface area contributed by atoms with Gasteiger partial charge in [0.15, 0.2) is 23.0 Å². The van der Waals surface area contributed by atoms with Gasteiger partial charge in [0.2, 0.25) is 5.91 Å². The third kappa shape index (κ3) is 6.07. The number of halogens is 2. The molecule has 4 aromatic rings. The molecule has 2 aromatic heterocycles. The zero-order chi connectivity index (χ0) is 30.1. The molecular weight excluding hydrogens is 585 g/mol. The lowest BCUT2D eigenvalue weighted by Gasteiger charge is -2.33. The second-order valence-corrected chi connectivity index (χ2v) is 11.2. The Morgan fingerprint density at radius 2 is 1.80 bits per heavy atom. The maximum absolute atomic E-state index is 14.4. The number of amides is 2. The van der Waals surface area contributed by atoms with Gasteiger partial charge in [0.1, 0.15) is 0 Å². The lowest BCUT2D eigenvalue weighted by Crippen LogP contribution is -2.44. The van der Waals surface area contributed by atoms with Crippen molar-refractivity contribution in [2.24, 2.45) is 5.92 Å². The lowest BCUT2D eigenvalue weighted by atomic mass is 9.94. The van der Waals surface area contributed by atoms with E-state index < -0.39 is 5.82 Å². The molecule has 0 bridgehead atoms. The quantitative estimate of drug-likeness (QED) is 0.309. The minimum Gasteiger partial charge on any atom is -0.494 e. The standard InChI is InChI=1S/C32H36FN7O3.ClH/c1-20-16-23(37-29-30-36-18-27(40(30)15-11-35-29)22-4-7-28(43-3)26(33)17-22)5-6-25(20)32(42)38-12-8-21(9-13-38)31(41)39-14-10-24(19-39)34-2;/h4-7,11,15-18,21,24,34H,8-10,12-14,19H2,1-3H3,(H,35,37);1H/t24-;/m1./s1. The van der Waals surface area contributed by atoms with E-state index in [0.717, 1.165) is 30.8 Å². The van der Waals surface area contributed by atoms with Gasteiger partial charge in [-0.15, -0.1) is 12.4 Å². The van der Waals surface area contributed by atoms with Gasteiger partial charge in [-0.3, -0.25) is 14.0 Å². The summed E-state index contributed by atoms with van der Waals surface area (Å²) in [6.45, 7) is 4.63. The summed E-state index contributed by atoms with van der Waals surface area (Å²) < 4.78 is 21.2. The van der Waals surface area contributed by atoms with Crippen LogP contribution in [0, 0.1) is 18.7 Å². The molecule has 232 valence electrons. The number of likely N-dealkylation sites (N-methyl/N-ethyl adjacent to an activating group) is 1. The average Bonchev–Trinajstić information content (AvgIpc) is 3.69. The number of likely N-dealkylation sites (tertiary alicyclic amines) is 2. The molecular formula is C32H37ClFN7O3. The molecule has 10 nitrogen and oxygen atoms in total. The number of nitrogens with one attached hydrogen (secondary N) is 2. The number of anilines is 2. The van der Waals surface area contributed by atoms with Crippen LogP contribution in [-0.4, -0.2) is 82.4 Å². The van der Waals surface area contributed by atoms with Crippen LogP contribution in [0.4, 0.5) is 15.9 Å². The van der Waals surface area contributed by atoms with Gasteiger partial charge in [-0.2, -0.15) is 0 Å². The summed E-state index contributed by atoms with van der Waals surface area (Å²) in [5.41, 5.74) is 4.21. The minimum absolute atomic E-state index is 0. The number of aromatic nitrogens is 3. The van der Waals surface area contributed by atoms with Crippen LogP contribution in [0.25, 0.3) is 16.9 Å². The Labute approximate surface area is 262 Å². The normalized spacial score (nSPS) is 17.0. The van der Waals surface area contributed by atoms with Crippen molar-refractivity contribution in [1.29, 1.82) is 0 Å². The maximum Gasteiger partial charge on any atom is 0.254 e. The van der Waals surface area contributed by atoms with Crippen LogP contribution in [-0.2, 0) is 4.79 Å². The molecule has 0 radical (unpaired) electrons. The van der Waals surface area contributed by atoms with E-state index in [9.17, 15) is 14.0 Å².